The maximum atomic E-state index is 12.6. The maximum Gasteiger partial charge on any atom is 0.255 e. The molecule has 0 saturated carbocycles. The number of likely N-dealkylation sites (tertiary alicyclic amines) is 1. The predicted molar refractivity (Wildman–Crippen MR) is 96.2 cm³/mol. The van der Waals surface area contributed by atoms with E-state index in [1.807, 2.05) is 28.8 Å². The number of fused-ring (bicyclic) bond motifs is 1. The number of rotatable bonds is 5. The van der Waals surface area contributed by atoms with Gasteiger partial charge in [0.15, 0.2) is 5.65 Å². The molecule has 0 N–H and O–H groups in total. The summed E-state index contributed by atoms with van der Waals surface area (Å²) < 4.78 is 7.54. The number of hydrogen-bond donors (Lipinski definition) is 0. The Morgan fingerprint density at radius 1 is 1.23 bits per heavy atom. The van der Waals surface area contributed by atoms with Crippen LogP contribution in [-0.2, 0) is 0 Å². The van der Waals surface area contributed by atoms with Crippen LogP contribution in [-0.4, -0.2) is 50.1 Å². The van der Waals surface area contributed by atoms with Gasteiger partial charge in [0.2, 0.25) is 5.88 Å². The molecule has 1 amide bonds. The summed E-state index contributed by atoms with van der Waals surface area (Å²) in [5, 5.41) is 8.45. The van der Waals surface area contributed by atoms with E-state index in [1.165, 1.54) is 0 Å². The van der Waals surface area contributed by atoms with Crippen molar-refractivity contribution in [1.29, 1.82) is 0 Å². The molecule has 1 aliphatic heterocycles. The molecule has 1 saturated heterocycles. The van der Waals surface area contributed by atoms with E-state index in [-0.39, 0.29) is 11.8 Å². The lowest BCUT2D eigenvalue weighted by Crippen LogP contribution is -2.49. The highest BCUT2D eigenvalue weighted by Crippen LogP contribution is 2.27. The Kier molecular flexibility index (Phi) is 4.28. The van der Waals surface area contributed by atoms with Crippen molar-refractivity contribution in [2.75, 3.05) is 19.7 Å². The molecule has 134 valence electrons. The van der Waals surface area contributed by atoms with Crippen LogP contribution < -0.4 is 4.74 Å². The summed E-state index contributed by atoms with van der Waals surface area (Å²) >= 11 is 0. The van der Waals surface area contributed by atoms with E-state index in [0.29, 0.717) is 37.1 Å². The second-order valence-electron chi connectivity index (χ2n) is 6.98. The van der Waals surface area contributed by atoms with Crippen molar-refractivity contribution >= 4 is 11.6 Å². The predicted octanol–water partition coefficient (Wildman–Crippen LogP) is 2.40. The second kappa shape index (κ2) is 6.74. The third-order valence-electron chi connectivity index (χ3n) is 4.42. The SMILES string of the molecule is CC(C)COc1ccc(C(=O)N2CC(c3nnc4ccccn34)C2)cn1. The quantitative estimate of drug-likeness (QED) is 0.706. The lowest BCUT2D eigenvalue weighted by atomic mass is 9.98. The van der Waals surface area contributed by atoms with Gasteiger partial charge < -0.3 is 9.64 Å². The highest BCUT2D eigenvalue weighted by Gasteiger charge is 2.35. The number of pyridine rings is 2. The Balaban J connectivity index is 1.38. The summed E-state index contributed by atoms with van der Waals surface area (Å²) in [5.74, 6) is 2.08. The van der Waals surface area contributed by atoms with Crippen molar-refractivity contribution in [1.82, 2.24) is 24.5 Å². The van der Waals surface area contributed by atoms with Crippen molar-refractivity contribution in [3.8, 4) is 5.88 Å². The fourth-order valence-electron chi connectivity index (χ4n) is 2.97. The van der Waals surface area contributed by atoms with Crippen molar-refractivity contribution in [3.63, 3.8) is 0 Å². The zero-order valence-electron chi connectivity index (χ0n) is 14.9. The monoisotopic (exact) mass is 351 g/mol. The highest BCUT2D eigenvalue weighted by molar-refractivity contribution is 5.94. The van der Waals surface area contributed by atoms with Crippen LogP contribution in [0, 0.1) is 5.92 Å². The Labute approximate surface area is 151 Å². The fraction of sp³-hybridized carbons (Fsp3) is 0.368. The summed E-state index contributed by atoms with van der Waals surface area (Å²) in [6.07, 6.45) is 3.53. The normalized spacial score (nSPS) is 14.7. The third kappa shape index (κ3) is 3.12. The van der Waals surface area contributed by atoms with Gasteiger partial charge in [-0.15, -0.1) is 10.2 Å². The molecule has 0 spiro atoms. The smallest absolute Gasteiger partial charge is 0.255 e. The molecule has 7 heteroatoms. The van der Waals surface area contributed by atoms with Gasteiger partial charge in [-0.2, -0.15) is 0 Å². The van der Waals surface area contributed by atoms with E-state index in [9.17, 15) is 4.79 Å². The molecule has 0 radical (unpaired) electrons. The molecule has 4 heterocycles. The number of amides is 1. The van der Waals surface area contributed by atoms with Gasteiger partial charge in [-0.3, -0.25) is 9.20 Å². The summed E-state index contributed by atoms with van der Waals surface area (Å²) in [5.41, 5.74) is 1.40. The van der Waals surface area contributed by atoms with Crippen LogP contribution in [0.5, 0.6) is 5.88 Å². The van der Waals surface area contributed by atoms with Gasteiger partial charge in [-0.25, -0.2) is 4.98 Å². The first-order valence-corrected chi connectivity index (χ1v) is 8.79. The molecular weight excluding hydrogens is 330 g/mol. The van der Waals surface area contributed by atoms with Crippen molar-refractivity contribution in [2.24, 2.45) is 5.92 Å². The molecule has 3 aromatic heterocycles. The minimum atomic E-state index is -0.0158. The number of aromatic nitrogens is 4. The molecule has 0 aliphatic carbocycles. The van der Waals surface area contributed by atoms with Gasteiger partial charge in [0, 0.05) is 31.5 Å². The number of hydrogen-bond acceptors (Lipinski definition) is 5. The van der Waals surface area contributed by atoms with Crippen molar-refractivity contribution in [2.45, 2.75) is 19.8 Å². The Bertz CT molecular complexity index is 913. The maximum absolute atomic E-state index is 12.6. The van der Waals surface area contributed by atoms with E-state index in [0.717, 1.165) is 11.5 Å². The first-order chi connectivity index (χ1) is 12.6. The summed E-state index contributed by atoms with van der Waals surface area (Å²) in [4.78, 5) is 18.6. The van der Waals surface area contributed by atoms with Crippen LogP contribution in [0.25, 0.3) is 5.65 Å². The molecule has 0 atom stereocenters. The zero-order valence-corrected chi connectivity index (χ0v) is 14.9. The van der Waals surface area contributed by atoms with Gasteiger partial charge in [0.1, 0.15) is 5.82 Å². The van der Waals surface area contributed by atoms with Gasteiger partial charge in [0.25, 0.3) is 5.91 Å². The molecule has 1 fully saturated rings. The van der Waals surface area contributed by atoms with Crippen molar-refractivity contribution < 1.29 is 9.53 Å². The van der Waals surface area contributed by atoms with Crippen LogP contribution in [0.3, 0.4) is 0 Å². The first kappa shape index (κ1) is 16.5. The van der Waals surface area contributed by atoms with E-state index < -0.39 is 0 Å². The molecular formula is C19H21N5O2. The fourth-order valence-corrected chi connectivity index (χ4v) is 2.97. The van der Waals surface area contributed by atoms with Crippen molar-refractivity contribution in [3.05, 3.63) is 54.1 Å². The minimum absolute atomic E-state index is 0.0158. The Morgan fingerprint density at radius 3 is 2.81 bits per heavy atom. The third-order valence-corrected chi connectivity index (χ3v) is 4.42. The van der Waals surface area contributed by atoms with Crippen LogP contribution in [0.4, 0.5) is 0 Å². The first-order valence-electron chi connectivity index (χ1n) is 8.79. The molecule has 26 heavy (non-hydrogen) atoms. The minimum Gasteiger partial charge on any atom is -0.477 e. The number of carbonyl (C=O) groups excluding carboxylic acids is 1. The number of ether oxygens (including phenoxy) is 1. The molecule has 0 bridgehead atoms. The van der Waals surface area contributed by atoms with Gasteiger partial charge >= 0.3 is 0 Å². The standard InChI is InChI=1S/C19H21N5O2/c1-13(2)12-26-17-7-6-14(9-20-17)19(25)23-10-15(11-23)18-22-21-16-5-3-4-8-24(16)18/h3-9,13,15H,10-12H2,1-2H3. The van der Waals surface area contributed by atoms with E-state index in [1.54, 1.807) is 23.2 Å². The van der Waals surface area contributed by atoms with E-state index in [4.69, 9.17) is 4.74 Å². The Hall–Kier alpha value is -2.96. The topological polar surface area (TPSA) is 72.6 Å². The summed E-state index contributed by atoms with van der Waals surface area (Å²) in [6.45, 7) is 6.05. The van der Waals surface area contributed by atoms with Gasteiger partial charge in [0.05, 0.1) is 18.1 Å². The highest BCUT2D eigenvalue weighted by atomic mass is 16.5. The van der Waals surface area contributed by atoms with E-state index in [2.05, 4.69) is 29.0 Å². The average Bonchev–Trinajstić information content (AvgIpc) is 3.03. The average molecular weight is 351 g/mol. The molecule has 0 unspecified atom stereocenters. The number of nitrogens with zero attached hydrogens (tertiary/aromatic N) is 5. The van der Waals surface area contributed by atoms with Gasteiger partial charge in [-0.1, -0.05) is 19.9 Å². The molecule has 3 aromatic rings. The summed E-state index contributed by atoms with van der Waals surface area (Å²) in [7, 11) is 0. The van der Waals surface area contributed by atoms with Crippen LogP contribution >= 0.6 is 0 Å². The van der Waals surface area contributed by atoms with Crippen LogP contribution in [0.1, 0.15) is 35.9 Å². The lowest BCUT2D eigenvalue weighted by molar-refractivity contribution is 0.0593. The molecule has 7 nitrogen and oxygen atoms in total. The molecule has 4 rings (SSSR count). The summed E-state index contributed by atoms with van der Waals surface area (Å²) in [6, 6.07) is 9.33. The van der Waals surface area contributed by atoms with Crippen LogP contribution in [0.15, 0.2) is 42.7 Å². The van der Waals surface area contributed by atoms with Crippen LogP contribution in [0.2, 0.25) is 0 Å². The largest absolute Gasteiger partial charge is 0.477 e. The molecule has 0 aromatic carbocycles. The molecule has 1 aliphatic rings. The zero-order chi connectivity index (χ0) is 18.1. The lowest BCUT2D eigenvalue weighted by Gasteiger charge is -2.38. The second-order valence-corrected chi connectivity index (χ2v) is 6.98. The van der Waals surface area contributed by atoms with E-state index >= 15 is 0 Å². The Morgan fingerprint density at radius 2 is 2.08 bits per heavy atom. The van der Waals surface area contributed by atoms with Gasteiger partial charge in [-0.05, 0) is 24.1 Å². The number of carbonyl (C=O) groups is 1.